The van der Waals surface area contributed by atoms with Gasteiger partial charge in [-0.2, -0.15) is 0 Å². The SMILES string of the molecule is O=C1[C@@H]2[C@H](C(=O)N1c1ccccc1)N1CCCN1[C@H]2c1ccncc1. The molecule has 1 aromatic heterocycles. The van der Waals surface area contributed by atoms with Gasteiger partial charge in [0.2, 0.25) is 5.91 Å². The van der Waals surface area contributed by atoms with Crippen molar-refractivity contribution in [1.29, 1.82) is 0 Å². The van der Waals surface area contributed by atoms with Crippen molar-refractivity contribution in [2.24, 2.45) is 5.92 Å². The van der Waals surface area contributed by atoms with Crippen molar-refractivity contribution in [2.45, 2.75) is 18.5 Å². The van der Waals surface area contributed by atoms with Gasteiger partial charge in [-0.15, -0.1) is 0 Å². The number of benzene rings is 1. The molecule has 1 aromatic carbocycles. The van der Waals surface area contributed by atoms with Crippen LogP contribution in [0.5, 0.6) is 0 Å². The number of amides is 2. The zero-order valence-corrected chi connectivity index (χ0v) is 13.7. The van der Waals surface area contributed by atoms with Crippen molar-refractivity contribution in [3.05, 3.63) is 60.4 Å². The maximum atomic E-state index is 13.2. The van der Waals surface area contributed by atoms with Crippen molar-refractivity contribution in [2.75, 3.05) is 18.0 Å². The summed E-state index contributed by atoms with van der Waals surface area (Å²) in [6.45, 7) is 1.70. The number of anilines is 1. The molecule has 5 rings (SSSR count). The van der Waals surface area contributed by atoms with E-state index in [0.717, 1.165) is 25.1 Å². The molecular formula is C19H18N4O2. The Morgan fingerprint density at radius 1 is 0.840 bits per heavy atom. The number of carbonyl (C=O) groups is 2. The minimum atomic E-state index is -0.395. The van der Waals surface area contributed by atoms with Gasteiger partial charge in [-0.1, -0.05) is 18.2 Å². The van der Waals surface area contributed by atoms with Gasteiger partial charge in [-0.05, 0) is 36.2 Å². The van der Waals surface area contributed by atoms with Crippen molar-refractivity contribution in [3.8, 4) is 0 Å². The van der Waals surface area contributed by atoms with Gasteiger partial charge in [0.05, 0.1) is 17.6 Å². The molecule has 2 aromatic rings. The normalized spacial score (nSPS) is 29.3. The molecule has 3 atom stereocenters. The van der Waals surface area contributed by atoms with Crippen molar-refractivity contribution < 1.29 is 9.59 Å². The first-order valence-corrected chi connectivity index (χ1v) is 8.63. The van der Waals surface area contributed by atoms with Gasteiger partial charge >= 0.3 is 0 Å². The summed E-state index contributed by atoms with van der Waals surface area (Å²) in [6, 6.07) is 12.6. The highest BCUT2D eigenvalue weighted by Crippen LogP contribution is 2.48. The molecule has 3 aliphatic rings. The lowest BCUT2D eigenvalue weighted by atomic mass is 9.90. The Kier molecular flexibility index (Phi) is 3.23. The maximum Gasteiger partial charge on any atom is 0.253 e. The van der Waals surface area contributed by atoms with E-state index in [1.807, 2.05) is 42.5 Å². The highest BCUT2D eigenvalue weighted by molar-refractivity contribution is 6.24. The van der Waals surface area contributed by atoms with Gasteiger partial charge < -0.3 is 0 Å². The molecule has 0 bridgehead atoms. The Balaban J connectivity index is 1.60. The van der Waals surface area contributed by atoms with Crippen LogP contribution in [0, 0.1) is 5.92 Å². The highest BCUT2D eigenvalue weighted by atomic mass is 16.2. The second-order valence-corrected chi connectivity index (χ2v) is 6.72. The van der Waals surface area contributed by atoms with Crippen molar-refractivity contribution in [3.63, 3.8) is 0 Å². The minimum absolute atomic E-state index is 0.0966. The lowest BCUT2D eigenvalue weighted by Gasteiger charge is -2.29. The first-order valence-electron chi connectivity index (χ1n) is 8.63. The van der Waals surface area contributed by atoms with Crippen molar-refractivity contribution in [1.82, 2.24) is 15.0 Å². The summed E-state index contributed by atoms with van der Waals surface area (Å²) in [5.41, 5.74) is 1.71. The molecule has 4 heterocycles. The second kappa shape index (κ2) is 5.47. The molecule has 3 fully saturated rings. The molecular weight excluding hydrogens is 316 g/mol. The molecule has 25 heavy (non-hydrogen) atoms. The average molecular weight is 334 g/mol. The molecule has 0 saturated carbocycles. The van der Waals surface area contributed by atoms with E-state index in [-0.39, 0.29) is 23.8 Å². The van der Waals surface area contributed by atoms with Crippen LogP contribution in [0.1, 0.15) is 18.0 Å². The summed E-state index contributed by atoms with van der Waals surface area (Å²) in [7, 11) is 0. The Morgan fingerprint density at radius 3 is 2.24 bits per heavy atom. The lowest BCUT2D eigenvalue weighted by Crippen LogP contribution is -2.44. The number of pyridine rings is 1. The van der Waals surface area contributed by atoms with E-state index >= 15 is 0 Å². The van der Waals surface area contributed by atoms with Gasteiger partial charge in [0.15, 0.2) is 0 Å². The Labute approximate surface area is 145 Å². The first-order chi connectivity index (χ1) is 12.3. The summed E-state index contributed by atoms with van der Waals surface area (Å²) in [5, 5.41) is 4.32. The first kappa shape index (κ1) is 14.7. The van der Waals surface area contributed by atoms with Crippen LogP contribution in [-0.2, 0) is 9.59 Å². The molecule has 0 spiro atoms. The lowest BCUT2D eigenvalue weighted by molar-refractivity contribution is -0.126. The fourth-order valence-corrected chi connectivity index (χ4v) is 4.51. The van der Waals surface area contributed by atoms with Gasteiger partial charge in [-0.3, -0.25) is 14.6 Å². The number of hydrogen-bond donors (Lipinski definition) is 0. The van der Waals surface area contributed by atoms with Gasteiger partial charge in [0.25, 0.3) is 5.91 Å². The molecule has 2 amide bonds. The summed E-state index contributed by atoms with van der Waals surface area (Å²) >= 11 is 0. The third-order valence-corrected chi connectivity index (χ3v) is 5.47. The number of rotatable bonds is 2. The molecule has 6 heteroatoms. The molecule has 0 aliphatic carbocycles. The molecule has 3 saturated heterocycles. The number of fused-ring (bicyclic) bond motifs is 3. The van der Waals surface area contributed by atoms with E-state index < -0.39 is 6.04 Å². The fourth-order valence-electron chi connectivity index (χ4n) is 4.51. The summed E-state index contributed by atoms with van der Waals surface area (Å²) < 4.78 is 0. The zero-order chi connectivity index (χ0) is 17.0. The van der Waals surface area contributed by atoms with Gasteiger partial charge in [0, 0.05) is 25.5 Å². The van der Waals surface area contributed by atoms with Crippen LogP contribution < -0.4 is 4.90 Å². The topological polar surface area (TPSA) is 56.8 Å². The number of hydrogen-bond acceptors (Lipinski definition) is 5. The minimum Gasteiger partial charge on any atom is -0.274 e. The summed E-state index contributed by atoms with van der Waals surface area (Å²) in [5.74, 6) is -0.572. The van der Waals surface area contributed by atoms with E-state index in [1.165, 1.54) is 4.90 Å². The standard InChI is InChI=1S/C19H18N4O2/c24-18-15-16(13-7-9-20-10-8-13)21-11-4-12-22(21)17(15)19(25)23(18)14-5-2-1-3-6-14/h1-3,5-10,15-17H,4,11-12H2/t15-,16-,17+/m0/s1. The Morgan fingerprint density at radius 2 is 1.52 bits per heavy atom. The van der Waals surface area contributed by atoms with Crippen LogP contribution in [-0.4, -0.2) is 45.9 Å². The number of para-hydroxylation sites is 1. The molecule has 6 nitrogen and oxygen atoms in total. The van der Waals surface area contributed by atoms with Gasteiger partial charge in [0.1, 0.15) is 6.04 Å². The highest BCUT2D eigenvalue weighted by Gasteiger charge is 2.62. The molecule has 0 N–H and O–H groups in total. The average Bonchev–Trinajstić information content (AvgIpc) is 3.29. The van der Waals surface area contributed by atoms with E-state index in [1.54, 1.807) is 12.4 Å². The number of aromatic nitrogens is 1. The predicted octanol–water partition coefficient (Wildman–Crippen LogP) is 1.62. The molecule has 0 radical (unpaired) electrons. The second-order valence-electron chi connectivity index (χ2n) is 6.72. The smallest absolute Gasteiger partial charge is 0.253 e. The van der Waals surface area contributed by atoms with E-state index in [4.69, 9.17) is 0 Å². The van der Waals surface area contributed by atoms with Crippen LogP contribution in [0.3, 0.4) is 0 Å². The number of hydrazine groups is 1. The van der Waals surface area contributed by atoms with Crippen LogP contribution in [0.2, 0.25) is 0 Å². The number of imide groups is 1. The predicted molar refractivity (Wildman–Crippen MR) is 91.2 cm³/mol. The largest absolute Gasteiger partial charge is 0.274 e. The zero-order valence-electron chi connectivity index (χ0n) is 13.7. The third-order valence-electron chi connectivity index (χ3n) is 5.47. The Bertz CT molecular complexity index is 826. The van der Waals surface area contributed by atoms with Crippen LogP contribution in [0.4, 0.5) is 5.69 Å². The van der Waals surface area contributed by atoms with Crippen LogP contribution >= 0.6 is 0 Å². The Hall–Kier alpha value is -2.57. The molecule has 0 unspecified atom stereocenters. The fraction of sp³-hybridized carbons (Fsp3) is 0.316. The van der Waals surface area contributed by atoms with E-state index in [0.29, 0.717) is 5.69 Å². The third kappa shape index (κ3) is 2.01. The summed E-state index contributed by atoms with van der Waals surface area (Å²) in [4.78, 5) is 31.9. The summed E-state index contributed by atoms with van der Waals surface area (Å²) in [6.07, 6.45) is 4.51. The van der Waals surface area contributed by atoms with Crippen molar-refractivity contribution >= 4 is 17.5 Å². The quantitative estimate of drug-likeness (QED) is 0.781. The van der Waals surface area contributed by atoms with Crippen LogP contribution in [0.25, 0.3) is 0 Å². The number of carbonyl (C=O) groups excluding carboxylic acids is 2. The molecule has 126 valence electrons. The van der Waals surface area contributed by atoms with E-state index in [9.17, 15) is 9.59 Å². The maximum absolute atomic E-state index is 13.2. The van der Waals surface area contributed by atoms with Crippen LogP contribution in [0.15, 0.2) is 54.9 Å². The monoisotopic (exact) mass is 334 g/mol. The van der Waals surface area contributed by atoms with E-state index in [2.05, 4.69) is 15.0 Å². The molecule has 3 aliphatic heterocycles. The van der Waals surface area contributed by atoms with Gasteiger partial charge in [-0.25, -0.2) is 14.9 Å². The number of nitrogens with zero attached hydrogens (tertiary/aromatic N) is 4.